The Kier molecular flexibility index (Phi) is 9.95. The van der Waals surface area contributed by atoms with Gasteiger partial charge in [-0.05, 0) is 29.3 Å². The Balaban J connectivity index is 1.20. The van der Waals surface area contributed by atoms with Crippen LogP contribution in [0.5, 0.6) is 5.75 Å². The Morgan fingerprint density at radius 2 is 1.58 bits per heavy atom. The van der Waals surface area contributed by atoms with E-state index >= 15 is 0 Å². The van der Waals surface area contributed by atoms with Gasteiger partial charge in [0.2, 0.25) is 6.36 Å². The summed E-state index contributed by atoms with van der Waals surface area (Å²) in [5, 5.41) is 20.1. The van der Waals surface area contributed by atoms with Gasteiger partial charge in [0.1, 0.15) is 11.9 Å². The van der Waals surface area contributed by atoms with E-state index in [1.54, 1.807) is 24.3 Å². The van der Waals surface area contributed by atoms with Crippen molar-refractivity contribution in [2.24, 2.45) is 0 Å². The Morgan fingerprint density at radius 3 is 2.26 bits per heavy atom. The number of amides is 2. The highest BCUT2D eigenvalue weighted by Gasteiger charge is 2.31. The molecule has 0 bridgehead atoms. The fourth-order valence-corrected chi connectivity index (χ4v) is 3.77. The van der Waals surface area contributed by atoms with E-state index in [1.807, 2.05) is 0 Å². The van der Waals surface area contributed by atoms with Gasteiger partial charge in [-0.15, -0.1) is 10.2 Å². The first-order valence-electron chi connectivity index (χ1n) is 12.9. The summed E-state index contributed by atoms with van der Waals surface area (Å²) >= 11 is 0. The third-order valence-corrected chi connectivity index (χ3v) is 5.82. The van der Waals surface area contributed by atoms with E-state index in [4.69, 9.17) is 4.74 Å². The summed E-state index contributed by atoms with van der Waals surface area (Å²) in [5.41, 5.74) is -0.238. The number of aromatic nitrogens is 7. The molecule has 43 heavy (non-hydrogen) atoms. The summed E-state index contributed by atoms with van der Waals surface area (Å²) in [6, 6.07) is 7.44. The number of nitrogens with one attached hydrogen (secondary N) is 2. The summed E-state index contributed by atoms with van der Waals surface area (Å²) in [6.45, 7) is 1.02. The molecule has 2 N–H and O–H groups in total. The van der Waals surface area contributed by atoms with Gasteiger partial charge in [0.25, 0.3) is 11.8 Å². The number of hydrogen-bond acceptors (Lipinski definition) is 8. The average molecular weight is 608 g/mol. The lowest BCUT2D eigenvalue weighted by atomic mass is 10.2. The Morgan fingerprint density at radius 1 is 0.930 bits per heavy atom. The summed E-state index contributed by atoms with van der Waals surface area (Å²) < 4.78 is 73.6. The second-order valence-corrected chi connectivity index (χ2v) is 9.33. The average Bonchev–Trinajstić information content (AvgIpc) is 3.63. The SMILES string of the molecule is CC(F)Oc1cccc(CNC(=O)c2cn(CC(F)CCn3cc(C(=O)NCc4cncc(C(F)(F)F)c4)nn3)nn2)c1. The van der Waals surface area contributed by atoms with Crippen molar-refractivity contribution >= 4 is 11.8 Å². The first-order valence-corrected chi connectivity index (χ1v) is 12.9. The topological polar surface area (TPSA) is 142 Å². The van der Waals surface area contributed by atoms with Gasteiger partial charge >= 0.3 is 6.18 Å². The Bertz CT molecular complexity index is 1540. The summed E-state index contributed by atoms with van der Waals surface area (Å²) in [5.74, 6) is -0.896. The molecular weight excluding hydrogens is 581 g/mol. The molecule has 0 aliphatic carbocycles. The number of benzene rings is 1. The first kappa shape index (κ1) is 31.0. The molecule has 1 aromatic carbocycles. The fourth-order valence-electron chi connectivity index (χ4n) is 3.77. The summed E-state index contributed by atoms with van der Waals surface area (Å²) in [6.07, 6.45) is -3.02. The molecule has 2 atom stereocenters. The number of carbonyl (C=O) groups excluding carboxylic acids is 2. The molecule has 0 aliphatic heterocycles. The Labute approximate surface area is 241 Å². The van der Waals surface area contributed by atoms with Crippen LogP contribution in [0.3, 0.4) is 0 Å². The lowest BCUT2D eigenvalue weighted by molar-refractivity contribution is -0.137. The van der Waals surface area contributed by atoms with Crippen LogP contribution in [0.1, 0.15) is 51.0 Å². The minimum absolute atomic E-state index is 0.0233. The largest absolute Gasteiger partial charge is 0.461 e. The molecule has 0 aliphatic rings. The van der Waals surface area contributed by atoms with Crippen LogP contribution in [0.4, 0.5) is 22.0 Å². The number of alkyl halides is 5. The number of halogens is 5. The number of pyridine rings is 1. The van der Waals surface area contributed by atoms with Crippen LogP contribution < -0.4 is 15.4 Å². The van der Waals surface area contributed by atoms with E-state index in [1.165, 1.54) is 34.9 Å². The van der Waals surface area contributed by atoms with Gasteiger partial charge in [-0.2, -0.15) is 13.2 Å². The van der Waals surface area contributed by atoms with E-state index in [9.17, 15) is 31.5 Å². The molecule has 0 radical (unpaired) electrons. The molecule has 0 saturated carbocycles. The molecule has 4 rings (SSSR count). The second-order valence-electron chi connectivity index (χ2n) is 9.33. The van der Waals surface area contributed by atoms with Crippen LogP contribution in [-0.2, 0) is 32.4 Å². The van der Waals surface area contributed by atoms with Crippen LogP contribution >= 0.6 is 0 Å². The van der Waals surface area contributed by atoms with Gasteiger partial charge in [-0.25, -0.2) is 13.5 Å². The van der Waals surface area contributed by atoms with Gasteiger partial charge in [0.05, 0.1) is 24.5 Å². The van der Waals surface area contributed by atoms with Crippen LogP contribution in [-0.4, -0.2) is 59.3 Å². The predicted octanol–water partition coefficient (Wildman–Crippen LogP) is 3.27. The van der Waals surface area contributed by atoms with Gasteiger partial charge in [-0.3, -0.25) is 19.3 Å². The van der Waals surface area contributed by atoms with E-state index in [-0.39, 0.29) is 49.6 Å². The molecule has 0 spiro atoms. The minimum atomic E-state index is -4.56. The molecule has 228 valence electrons. The lowest BCUT2D eigenvalue weighted by Gasteiger charge is -2.09. The zero-order chi connectivity index (χ0) is 31.0. The highest BCUT2D eigenvalue weighted by atomic mass is 19.4. The van der Waals surface area contributed by atoms with Crippen molar-refractivity contribution in [1.82, 2.24) is 45.6 Å². The maximum Gasteiger partial charge on any atom is 0.417 e. The quantitative estimate of drug-likeness (QED) is 0.221. The molecule has 12 nitrogen and oxygen atoms in total. The summed E-state index contributed by atoms with van der Waals surface area (Å²) in [4.78, 5) is 28.3. The van der Waals surface area contributed by atoms with Crippen LogP contribution in [0.25, 0.3) is 0 Å². The third-order valence-electron chi connectivity index (χ3n) is 5.82. The molecule has 4 aromatic rings. The van der Waals surface area contributed by atoms with Crippen LogP contribution in [0.2, 0.25) is 0 Å². The van der Waals surface area contributed by atoms with Crippen molar-refractivity contribution in [1.29, 1.82) is 0 Å². The van der Waals surface area contributed by atoms with E-state index in [0.29, 0.717) is 17.5 Å². The van der Waals surface area contributed by atoms with E-state index in [0.717, 1.165) is 6.07 Å². The van der Waals surface area contributed by atoms with Crippen molar-refractivity contribution in [3.8, 4) is 5.75 Å². The Hall–Kier alpha value is -4.96. The smallest absolute Gasteiger partial charge is 0.417 e. The molecule has 3 heterocycles. The maximum absolute atomic E-state index is 14.6. The monoisotopic (exact) mass is 607 g/mol. The van der Waals surface area contributed by atoms with Crippen molar-refractivity contribution in [3.63, 3.8) is 0 Å². The van der Waals surface area contributed by atoms with Crippen molar-refractivity contribution in [3.05, 3.63) is 83.2 Å². The molecule has 2 amide bonds. The molecule has 0 saturated heterocycles. The van der Waals surface area contributed by atoms with Gasteiger partial charge in [-0.1, -0.05) is 22.6 Å². The van der Waals surface area contributed by atoms with Gasteiger partial charge < -0.3 is 15.4 Å². The maximum atomic E-state index is 14.6. The van der Waals surface area contributed by atoms with E-state index in [2.05, 4.69) is 36.2 Å². The first-order chi connectivity index (χ1) is 20.5. The molecule has 3 aromatic heterocycles. The number of carbonyl (C=O) groups is 2. The van der Waals surface area contributed by atoms with Crippen molar-refractivity contribution in [2.75, 3.05) is 0 Å². The van der Waals surface area contributed by atoms with Gasteiger partial charge in [0, 0.05) is 45.4 Å². The standard InChI is InChI=1S/C26H26F5N9O3/c1-16(27)43-21-4-2-3-17(8-21)10-33-25(42)23-15-40(38-36-23)13-20(28)5-6-39-14-22(35-37-39)24(41)34-11-18-7-19(12-32-9-18)26(29,30)31/h2-4,7-9,12,14-16,20H,5-6,10-11,13H2,1H3,(H,33,42)(H,34,41). The van der Waals surface area contributed by atoms with Crippen LogP contribution in [0, 0.1) is 0 Å². The third kappa shape index (κ3) is 9.27. The number of ether oxygens (including phenoxy) is 1. The van der Waals surface area contributed by atoms with Crippen LogP contribution in [0.15, 0.2) is 55.1 Å². The zero-order valence-corrected chi connectivity index (χ0v) is 22.6. The fraction of sp³-hybridized carbons (Fsp3) is 0.346. The predicted molar refractivity (Wildman–Crippen MR) is 139 cm³/mol. The number of aryl methyl sites for hydroxylation is 1. The molecule has 17 heteroatoms. The number of hydrogen-bond donors (Lipinski definition) is 2. The zero-order valence-electron chi connectivity index (χ0n) is 22.6. The van der Waals surface area contributed by atoms with Crippen molar-refractivity contribution < 1.29 is 36.3 Å². The molecular formula is C26H26F5N9O3. The molecule has 2 unspecified atom stereocenters. The highest BCUT2D eigenvalue weighted by molar-refractivity contribution is 5.92. The lowest BCUT2D eigenvalue weighted by Crippen LogP contribution is -2.23. The second kappa shape index (κ2) is 13.8. The van der Waals surface area contributed by atoms with Crippen molar-refractivity contribution in [2.45, 2.75) is 58.2 Å². The summed E-state index contributed by atoms with van der Waals surface area (Å²) in [7, 11) is 0. The molecule has 0 fully saturated rings. The highest BCUT2D eigenvalue weighted by Crippen LogP contribution is 2.28. The van der Waals surface area contributed by atoms with Gasteiger partial charge in [0.15, 0.2) is 11.4 Å². The van der Waals surface area contributed by atoms with E-state index < -0.39 is 36.1 Å². The normalized spacial score (nSPS) is 12.9. The number of rotatable bonds is 13. The minimum Gasteiger partial charge on any atom is -0.461 e. The number of nitrogens with zero attached hydrogens (tertiary/aromatic N) is 7.